The molecule has 0 atom stereocenters. The number of hydrogen-bond acceptors (Lipinski definition) is 5. The number of pyridine rings is 1. The minimum absolute atomic E-state index is 0. The van der Waals surface area contributed by atoms with Crippen molar-refractivity contribution >= 4 is 38.0 Å². The van der Waals surface area contributed by atoms with Gasteiger partial charge < -0.3 is 9.52 Å². The van der Waals surface area contributed by atoms with E-state index in [0.29, 0.717) is 0 Å². The van der Waals surface area contributed by atoms with Crippen LogP contribution in [0, 0.1) is 29.2 Å². The molecule has 5 aromatic rings. The molecule has 5 rings (SSSR count). The minimum Gasteiger partial charge on any atom is -0.512 e. The van der Waals surface area contributed by atoms with E-state index in [0.717, 1.165) is 60.3 Å². The molecular formula is C46H60IrNO3S-. The zero-order valence-corrected chi connectivity index (χ0v) is 37.0. The summed E-state index contributed by atoms with van der Waals surface area (Å²) in [6.45, 7) is 27.8. The number of furan rings is 1. The second kappa shape index (κ2) is 17.0. The zero-order valence-electron chi connectivity index (χ0n) is 33.8. The molecule has 0 spiro atoms. The van der Waals surface area contributed by atoms with Crippen LogP contribution < -0.4 is 0 Å². The number of carbonyl (C=O) groups is 1. The number of ketones is 1. The number of hydrogen-bond donors (Lipinski definition) is 1. The Balaban J connectivity index is 0.000000347. The number of aliphatic hydroxyl groups excluding tert-OH is 1. The number of aryl methyl sites for hydroxylation is 1. The van der Waals surface area contributed by atoms with E-state index in [4.69, 9.17) is 9.40 Å². The fourth-order valence-electron chi connectivity index (χ4n) is 6.35. The first-order valence-electron chi connectivity index (χ1n) is 18.7. The Bertz CT molecular complexity index is 2010. The third kappa shape index (κ3) is 9.54. The standard InChI is InChI=1S/C31H32NOS.C15H28O2.Ir/c1-19-23-14-15-32-27(21-16-20-10-8-9-11-24(20)25(17-21)31(5,6)7)29(23)34-28(19)26-13-12-22(33-26)18-30(2,3)4;1-7-14(5,8-2)12(16)11-13(17)15(6,9-3)10-4;/h8-15,17H,18H2,1-7H3;11,16H,7-10H2,1-6H3;/q-1;;/b;12-11-;. The molecular weight excluding hydrogens is 839 g/mol. The number of nitrogens with zero attached hydrogens (tertiary/aromatic N) is 1. The predicted molar refractivity (Wildman–Crippen MR) is 219 cm³/mol. The monoisotopic (exact) mass is 899 g/mol. The number of rotatable bonds is 10. The maximum absolute atomic E-state index is 12.2. The van der Waals surface area contributed by atoms with Crippen LogP contribution in [0.15, 0.2) is 71.0 Å². The normalized spacial score (nSPS) is 12.8. The number of carbonyl (C=O) groups excluding carboxylic acids is 1. The number of benzene rings is 2. The first-order valence-corrected chi connectivity index (χ1v) is 19.5. The first kappa shape index (κ1) is 43.4. The third-order valence-corrected chi connectivity index (χ3v) is 12.2. The molecule has 4 nitrogen and oxygen atoms in total. The van der Waals surface area contributed by atoms with Crippen LogP contribution in [0.5, 0.6) is 0 Å². The van der Waals surface area contributed by atoms with Crippen molar-refractivity contribution in [2.45, 2.75) is 128 Å². The summed E-state index contributed by atoms with van der Waals surface area (Å²) in [5.41, 5.74) is 4.22. The van der Waals surface area contributed by atoms with Crippen LogP contribution in [0.1, 0.15) is 126 Å². The van der Waals surface area contributed by atoms with Gasteiger partial charge in [0.2, 0.25) is 0 Å². The Labute approximate surface area is 330 Å². The molecule has 0 fully saturated rings. The molecule has 0 bridgehead atoms. The van der Waals surface area contributed by atoms with Crippen LogP contribution in [0.4, 0.5) is 0 Å². The Kier molecular flexibility index (Phi) is 14.1. The predicted octanol–water partition coefficient (Wildman–Crippen LogP) is 14.0. The van der Waals surface area contributed by atoms with Gasteiger partial charge in [0.15, 0.2) is 5.78 Å². The molecule has 0 unspecified atom stereocenters. The summed E-state index contributed by atoms with van der Waals surface area (Å²) >= 11 is 1.77. The van der Waals surface area contributed by atoms with Gasteiger partial charge in [-0.15, -0.1) is 40.5 Å². The van der Waals surface area contributed by atoms with E-state index >= 15 is 0 Å². The van der Waals surface area contributed by atoms with Crippen molar-refractivity contribution in [2.24, 2.45) is 16.2 Å². The van der Waals surface area contributed by atoms with Gasteiger partial charge in [0.05, 0.1) is 4.88 Å². The van der Waals surface area contributed by atoms with Gasteiger partial charge in [0, 0.05) is 60.0 Å². The van der Waals surface area contributed by atoms with Crippen LogP contribution in [0.3, 0.4) is 0 Å². The molecule has 1 N–H and O–H groups in total. The molecule has 3 aromatic heterocycles. The van der Waals surface area contributed by atoms with Gasteiger partial charge in [-0.3, -0.25) is 9.78 Å². The summed E-state index contributed by atoms with van der Waals surface area (Å²) in [4.78, 5) is 18.2. The Morgan fingerprint density at radius 1 is 0.865 bits per heavy atom. The topological polar surface area (TPSA) is 63.3 Å². The number of allylic oxidation sites excluding steroid dienone is 2. The SMILES string of the molecule is CCC(C)(CC)C(=O)/C=C(\O)C(C)(CC)CC.Cc1c(-c2ccc(CC(C)(C)C)o2)sc2c(-c3[c-]c4ccccc4c(C(C)(C)C)c3)nccc12.[Ir]. The maximum atomic E-state index is 12.2. The molecule has 6 heteroatoms. The van der Waals surface area contributed by atoms with Gasteiger partial charge in [0.25, 0.3) is 0 Å². The molecule has 0 aliphatic carbocycles. The van der Waals surface area contributed by atoms with Crippen LogP contribution in [0.25, 0.3) is 42.8 Å². The van der Waals surface area contributed by atoms with Crippen molar-refractivity contribution in [3.05, 3.63) is 89.5 Å². The molecule has 1 radical (unpaired) electrons. The van der Waals surface area contributed by atoms with E-state index in [1.165, 1.54) is 37.6 Å². The summed E-state index contributed by atoms with van der Waals surface area (Å²) in [5, 5.41) is 13.8. The van der Waals surface area contributed by atoms with Crippen LogP contribution >= 0.6 is 11.3 Å². The first-order chi connectivity index (χ1) is 23.8. The molecule has 283 valence electrons. The van der Waals surface area contributed by atoms with Crippen LogP contribution in [-0.4, -0.2) is 15.9 Å². The summed E-state index contributed by atoms with van der Waals surface area (Å²) in [6.07, 6.45) is 7.60. The van der Waals surface area contributed by atoms with E-state index in [-0.39, 0.29) is 53.3 Å². The molecule has 0 amide bonds. The molecule has 0 aliphatic rings. The van der Waals surface area contributed by atoms with Crippen molar-refractivity contribution in [1.29, 1.82) is 0 Å². The van der Waals surface area contributed by atoms with Crippen molar-refractivity contribution in [2.75, 3.05) is 0 Å². The van der Waals surface area contributed by atoms with Gasteiger partial charge >= 0.3 is 0 Å². The second-order valence-corrected chi connectivity index (χ2v) is 17.9. The van der Waals surface area contributed by atoms with Gasteiger partial charge in [0.1, 0.15) is 17.3 Å². The summed E-state index contributed by atoms with van der Waals surface area (Å²) in [6, 6.07) is 20.9. The van der Waals surface area contributed by atoms with Crippen LogP contribution in [0.2, 0.25) is 0 Å². The Hall–Kier alpha value is -3.05. The maximum Gasteiger partial charge on any atom is 0.164 e. The van der Waals surface area contributed by atoms with E-state index in [2.05, 4.69) is 103 Å². The van der Waals surface area contributed by atoms with Crippen molar-refractivity contribution in [1.82, 2.24) is 4.98 Å². The van der Waals surface area contributed by atoms with Crippen molar-refractivity contribution in [3.63, 3.8) is 0 Å². The smallest absolute Gasteiger partial charge is 0.164 e. The number of thiophene rings is 1. The van der Waals surface area contributed by atoms with Gasteiger partial charge in [-0.25, -0.2) is 0 Å². The Morgan fingerprint density at radius 3 is 2.06 bits per heavy atom. The van der Waals surface area contributed by atoms with Crippen molar-refractivity contribution < 1.29 is 34.4 Å². The minimum atomic E-state index is -0.337. The number of aromatic nitrogens is 1. The molecule has 3 heterocycles. The average Bonchev–Trinajstić information content (AvgIpc) is 3.69. The van der Waals surface area contributed by atoms with Gasteiger partial charge in [-0.2, -0.15) is 0 Å². The fourth-order valence-corrected chi connectivity index (χ4v) is 7.62. The van der Waals surface area contributed by atoms with Gasteiger partial charge in [-0.05, 0) is 72.6 Å². The summed E-state index contributed by atoms with van der Waals surface area (Å²) < 4.78 is 7.50. The molecule has 2 aromatic carbocycles. The quantitative estimate of drug-likeness (QED) is 0.0862. The largest absolute Gasteiger partial charge is 0.512 e. The van der Waals surface area contributed by atoms with E-state index < -0.39 is 0 Å². The van der Waals surface area contributed by atoms with E-state index in [1.807, 2.05) is 47.7 Å². The van der Waals surface area contributed by atoms with Crippen LogP contribution in [-0.2, 0) is 36.7 Å². The second-order valence-electron chi connectivity index (χ2n) is 16.9. The number of aliphatic hydroxyl groups is 1. The molecule has 52 heavy (non-hydrogen) atoms. The summed E-state index contributed by atoms with van der Waals surface area (Å²) in [7, 11) is 0. The zero-order chi connectivity index (χ0) is 37.9. The Morgan fingerprint density at radius 2 is 1.48 bits per heavy atom. The average molecular weight is 899 g/mol. The summed E-state index contributed by atoms with van der Waals surface area (Å²) in [5.74, 6) is 2.27. The van der Waals surface area contributed by atoms with Crippen molar-refractivity contribution in [3.8, 4) is 21.9 Å². The van der Waals surface area contributed by atoms with Gasteiger partial charge in [-0.1, -0.05) is 112 Å². The fraction of sp³-hybridized carbons (Fsp3) is 0.478. The molecule has 0 saturated heterocycles. The van der Waals surface area contributed by atoms with E-state index in [9.17, 15) is 9.90 Å². The van der Waals surface area contributed by atoms with E-state index in [1.54, 1.807) is 11.3 Å². The third-order valence-electron chi connectivity index (χ3n) is 10.9. The molecule has 0 aliphatic heterocycles. The molecule has 0 saturated carbocycles. The number of fused-ring (bicyclic) bond motifs is 2.